The van der Waals surface area contributed by atoms with Gasteiger partial charge in [0.25, 0.3) is 5.91 Å². The monoisotopic (exact) mass is 368 g/mol. The predicted octanol–water partition coefficient (Wildman–Crippen LogP) is 0.606. The van der Waals surface area contributed by atoms with Gasteiger partial charge in [-0.1, -0.05) is 42.5 Å². The SMILES string of the molecule is CC(N)(C(=O)N(CC(N)=O)C(=O)[C@@H]1CCCN1)c1cccc2ccccc12. The number of nitrogens with zero attached hydrogens (tertiary/aromatic N) is 1. The number of nitrogens with two attached hydrogens (primary N) is 2. The minimum Gasteiger partial charge on any atom is -0.368 e. The van der Waals surface area contributed by atoms with E-state index in [-0.39, 0.29) is 0 Å². The van der Waals surface area contributed by atoms with Gasteiger partial charge in [0.1, 0.15) is 12.1 Å². The van der Waals surface area contributed by atoms with Crippen LogP contribution in [0.3, 0.4) is 0 Å². The van der Waals surface area contributed by atoms with E-state index in [0.29, 0.717) is 18.5 Å². The van der Waals surface area contributed by atoms with Crippen molar-refractivity contribution in [1.82, 2.24) is 10.2 Å². The van der Waals surface area contributed by atoms with Crippen molar-refractivity contribution >= 4 is 28.5 Å². The lowest BCUT2D eigenvalue weighted by atomic mass is 9.87. The molecule has 27 heavy (non-hydrogen) atoms. The molecule has 0 aliphatic carbocycles. The van der Waals surface area contributed by atoms with Crippen LogP contribution in [0.4, 0.5) is 0 Å². The number of amides is 3. The van der Waals surface area contributed by atoms with Crippen molar-refractivity contribution in [3.8, 4) is 0 Å². The third-order valence-electron chi connectivity index (χ3n) is 4.98. The summed E-state index contributed by atoms with van der Waals surface area (Å²) in [5, 5.41) is 4.81. The van der Waals surface area contributed by atoms with Crippen molar-refractivity contribution in [3.63, 3.8) is 0 Å². The first kappa shape index (κ1) is 19.0. The summed E-state index contributed by atoms with van der Waals surface area (Å²) in [5.41, 5.74) is 10.8. The number of carbonyl (C=O) groups is 3. The molecule has 1 heterocycles. The molecule has 1 aliphatic heterocycles. The first-order chi connectivity index (χ1) is 12.8. The molecule has 142 valence electrons. The molecule has 0 bridgehead atoms. The molecule has 0 saturated carbocycles. The van der Waals surface area contributed by atoms with E-state index in [1.807, 2.05) is 36.4 Å². The van der Waals surface area contributed by atoms with Crippen LogP contribution in [0.5, 0.6) is 0 Å². The zero-order valence-electron chi connectivity index (χ0n) is 15.3. The van der Waals surface area contributed by atoms with Crippen LogP contribution >= 0.6 is 0 Å². The smallest absolute Gasteiger partial charge is 0.254 e. The zero-order chi connectivity index (χ0) is 19.6. The fourth-order valence-electron chi connectivity index (χ4n) is 3.56. The molecule has 5 N–H and O–H groups in total. The molecule has 3 rings (SSSR count). The van der Waals surface area contributed by atoms with Gasteiger partial charge in [-0.15, -0.1) is 0 Å². The standard InChI is InChI=1S/C20H24N4O3/c1-20(22,15-9-4-7-13-6-2-3-8-14(13)15)19(27)24(12-17(21)25)18(26)16-10-5-11-23-16/h2-4,6-9,16,23H,5,10-12,22H2,1H3,(H2,21,25)/t16-,20?/m0/s1. The quantitative estimate of drug-likeness (QED) is 0.714. The second-order valence-corrected chi connectivity index (χ2v) is 7.07. The Morgan fingerprint density at radius 2 is 1.89 bits per heavy atom. The molecule has 2 aromatic carbocycles. The Kier molecular flexibility index (Phi) is 5.25. The third kappa shape index (κ3) is 3.70. The van der Waals surface area contributed by atoms with Crippen molar-refractivity contribution in [2.45, 2.75) is 31.3 Å². The van der Waals surface area contributed by atoms with Crippen molar-refractivity contribution in [1.29, 1.82) is 0 Å². The topological polar surface area (TPSA) is 119 Å². The summed E-state index contributed by atoms with van der Waals surface area (Å²) >= 11 is 0. The van der Waals surface area contributed by atoms with Crippen LogP contribution in [0, 0.1) is 0 Å². The number of carbonyl (C=O) groups excluding carboxylic acids is 3. The minimum absolute atomic E-state index is 0.465. The van der Waals surface area contributed by atoms with Gasteiger partial charge in [-0.05, 0) is 42.6 Å². The normalized spacial score (nSPS) is 18.8. The Labute approximate surface area is 157 Å². The highest BCUT2D eigenvalue weighted by molar-refractivity contribution is 6.06. The summed E-state index contributed by atoms with van der Waals surface area (Å²) in [7, 11) is 0. The van der Waals surface area contributed by atoms with Crippen LogP contribution in [-0.2, 0) is 19.9 Å². The highest BCUT2D eigenvalue weighted by Gasteiger charge is 2.41. The average molecular weight is 368 g/mol. The van der Waals surface area contributed by atoms with E-state index >= 15 is 0 Å². The van der Waals surface area contributed by atoms with Gasteiger partial charge in [0.15, 0.2) is 0 Å². The first-order valence-electron chi connectivity index (χ1n) is 8.97. The Morgan fingerprint density at radius 3 is 2.56 bits per heavy atom. The van der Waals surface area contributed by atoms with Gasteiger partial charge in [-0.2, -0.15) is 0 Å². The van der Waals surface area contributed by atoms with Gasteiger partial charge >= 0.3 is 0 Å². The number of nitrogens with one attached hydrogen (secondary N) is 1. The van der Waals surface area contributed by atoms with Gasteiger partial charge < -0.3 is 16.8 Å². The van der Waals surface area contributed by atoms with Crippen molar-refractivity contribution in [2.24, 2.45) is 11.5 Å². The average Bonchev–Trinajstić information content (AvgIpc) is 3.19. The Balaban J connectivity index is 2.00. The highest BCUT2D eigenvalue weighted by Crippen LogP contribution is 2.29. The molecule has 0 spiro atoms. The van der Waals surface area contributed by atoms with Gasteiger partial charge in [0.2, 0.25) is 11.8 Å². The maximum absolute atomic E-state index is 13.3. The molecule has 1 unspecified atom stereocenters. The lowest BCUT2D eigenvalue weighted by Gasteiger charge is -2.32. The molecule has 0 aromatic heterocycles. The second kappa shape index (κ2) is 7.46. The van der Waals surface area contributed by atoms with Crippen LogP contribution in [0.25, 0.3) is 10.8 Å². The van der Waals surface area contributed by atoms with Gasteiger partial charge in [-0.25, -0.2) is 0 Å². The van der Waals surface area contributed by atoms with E-state index in [9.17, 15) is 14.4 Å². The largest absolute Gasteiger partial charge is 0.368 e. The summed E-state index contributed by atoms with van der Waals surface area (Å²) in [6.07, 6.45) is 1.44. The lowest BCUT2D eigenvalue weighted by molar-refractivity contribution is -0.151. The van der Waals surface area contributed by atoms with E-state index < -0.39 is 35.8 Å². The van der Waals surface area contributed by atoms with E-state index in [1.165, 1.54) is 0 Å². The number of hydrogen-bond acceptors (Lipinski definition) is 5. The molecule has 3 amide bonds. The molecule has 1 aliphatic rings. The Hall–Kier alpha value is -2.77. The molecule has 1 fully saturated rings. The third-order valence-corrected chi connectivity index (χ3v) is 4.98. The maximum atomic E-state index is 13.3. The molecule has 0 radical (unpaired) electrons. The lowest BCUT2D eigenvalue weighted by Crippen LogP contribution is -2.58. The maximum Gasteiger partial charge on any atom is 0.254 e. The second-order valence-electron chi connectivity index (χ2n) is 7.07. The number of benzene rings is 2. The fourth-order valence-corrected chi connectivity index (χ4v) is 3.56. The van der Waals surface area contributed by atoms with Crippen LogP contribution in [0.15, 0.2) is 42.5 Å². The van der Waals surface area contributed by atoms with Crippen molar-refractivity contribution in [2.75, 3.05) is 13.1 Å². The summed E-state index contributed by atoms with van der Waals surface area (Å²) in [6, 6.07) is 12.6. The summed E-state index contributed by atoms with van der Waals surface area (Å²) < 4.78 is 0. The molecule has 7 nitrogen and oxygen atoms in total. The molecule has 7 heteroatoms. The Morgan fingerprint density at radius 1 is 1.19 bits per heavy atom. The highest BCUT2D eigenvalue weighted by atomic mass is 16.2. The van der Waals surface area contributed by atoms with E-state index in [4.69, 9.17) is 11.5 Å². The number of rotatable bonds is 5. The zero-order valence-corrected chi connectivity index (χ0v) is 15.3. The number of hydrogen-bond donors (Lipinski definition) is 3. The molecular weight excluding hydrogens is 344 g/mol. The van der Waals surface area contributed by atoms with E-state index in [1.54, 1.807) is 13.0 Å². The van der Waals surface area contributed by atoms with Crippen LogP contribution in [0.2, 0.25) is 0 Å². The van der Waals surface area contributed by atoms with Crippen LogP contribution in [0.1, 0.15) is 25.3 Å². The number of fused-ring (bicyclic) bond motifs is 1. The van der Waals surface area contributed by atoms with E-state index in [2.05, 4.69) is 5.32 Å². The van der Waals surface area contributed by atoms with Crippen molar-refractivity contribution in [3.05, 3.63) is 48.0 Å². The van der Waals surface area contributed by atoms with E-state index in [0.717, 1.165) is 22.1 Å². The number of primary amides is 1. The van der Waals surface area contributed by atoms with Gasteiger partial charge in [-0.3, -0.25) is 19.3 Å². The molecule has 1 saturated heterocycles. The molecule has 2 aromatic rings. The summed E-state index contributed by atoms with van der Waals surface area (Å²) in [4.78, 5) is 38.6. The van der Waals surface area contributed by atoms with Crippen LogP contribution in [-0.4, -0.2) is 41.8 Å². The minimum atomic E-state index is -1.50. The van der Waals surface area contributed by atoms with Crippen LogP contribution < -0.4 is 16.8 Å². The fraction of sp³-hybridized carbons (Fsp3) is 0.350. The van der Waals surface area contributed by atoms with Gasteiger partial charge in [0.05, 0.1) is 6.04 Å². The predicted molar refractivity (Wildman–Crippen MR) is 102 cm³/mol. The number of imide groups is 1. The molecular formula is C20H24N4O3. The molecule has 2 atom stereocenters. The van der Waals surface area contributed by atoms with Crippen molar-refractivity contribution < 1.29 is 14.4 Å². The Bertz CT molecular complexity index is 882. The first-order valence-corrected chi connectivity index (χ1v) is 8.97. The van der Waals surface area contributed by atoms with Gasteiger partial charge in [0, 0.05) is 0 Å². The summed E-state index contributed by atoms with van der Waals surface area (Å²) in [5.74, 6) is -1.87. The summed E-state index contributed by atoms with van der Waals surface area (Å²) in [6.45, 7) is 1.76.